The van der Waals surface area contributed by atoms with E-state index in [9.17, 15) is 9.59 Å². The highest BCUT2D eigenvalue weighted by Gasteiger charge is 2.12. The van der Waals surface area contributed by atoms with Crippen molar-refractivity contribution in [2.24, 2.45) is 7.05 Å². The van der Waals surface area contributed by atoms with Crippen molar-refractivity contribution in [2.75, 3.05) is 24.8 Å². The molecule has 0 radical (unpaired) electrons. The first kappa shape index (κ1) is 14.9. The van der Waals surface area contributed by atoms with Crippen LogP contribution in [0.2, 0.25) is 0 Å². The molecule has 2 aromatic heterocycles. The highest BCUT2D eigenvalue weighted by Crippen LogP contribution is 2.11. The number of H-pyrrole nitrogens is 1. The Morgan fingerprint density at radius 3 is 2.86 bits per heavy atom. The number of nitrogen functional groups attached to an aromatic ring is 1. The van der Waals surface area contributed by atoms with Crippen LogP contribution in [0.5, 0.6) is 0 Å². The number of nitrogens with one attached hydrogen (secondary N) is 2. The molecule has 0 fully saturated rings. The lowest BCUT2D eigenvalue weighted by Crippen LogP contribution is -2.35. The van der Waals surface area contributed by atoms with Crippen molar-refractivity contribution in [2.45, 2.75) is 13.1 Å². The Labute approximate surface area is 120 Å². The molecule has 0 saturated carbocycles. The number of aromatic amines is 1. The van der Waals surface area contributed by atoms with Crippen LogP contribution in [-0.4, -0.2) is 33.0 Å². The summed E-state index contributed by atoms with van der Waals surface area (Å²) in [6.07, 6.45) is 1.66. The normalized spacial score (nSPS) is 10.8. The van der Waals surface area contributed by atoms with Gasteiger partial charge in [0.2, 0.25) is 0 Å². The lowest BCUT2D eigenvalue weighted by molar-refractivity contribution is 0.186. The van der Waals surface area contributed by atoms with Gasteiger partial charge in [-0.15, -0.1) is 0 Å². The number of nitrogens with two attached hydrogens (primary N) is 1. The van der Waals surface area contributed by atoms with Crippen LogP contribution in [-0.2, 0) is 24.9 Å². The number of hydrogen-bond acceptors (Lipinski definition) is 6. The summed E-state index contributed by atoms with van der Waals surface area (Å²) in [7, 11) is 3.32. The van der Waals surface area contributed by atoms with Crippen molar-refractivity contribution >= 4 is 11.5 Å². The molecule has 0 unspecified atom stereocenters. The van der Waals surface area contributed by atoms with Crippen molar-refractivity contribution in [3.8, 4) is 0 Å². The first-order chi connectivity index (χ1) is 10.0. The predicted octanol–water partition coefficient (Wildman–Crippen LogP) is -0.889. The van der Waals surface area contributed by atoms with Crippen LogP contribution in [0.1, 0.15) is 5.69 Å². The average molecular weight is 294 g/mol. The van der Waals surface area contributed by atoms with Gasteiger partial charge in [0.05, 0.1) is 25.4 Å². The lowest BCUT2D eigenvalue weighted by atomic mass is 10.3. The summed E-state index contributed by atoms with van der Waals surface area (Å²) in [5.41, 5.74) is 5.84. The molecule has 0 aliphatic rings. The molecule has 4 N–H and O–H groups in total. The van der Waals surface area contributed by atoms with Crippen LogP contribution < -0.4 is 22.3 Å². The highest BCUT2D eigenvalue weighted by molar-refractivity contribution is 5.60. The van der Waals surface area contributed by atoms with E-state index >= 15 is 0 Å². The van der Waals surface area contributed by atoms with E-state index in [-0.39, 0.29) is 18.1 Å². The second-order valence-corrected chi connectivity index (χ2v) is 4.46. The quantitative estimate of drug-likeness (QED) is 0.636. The second-order valence-electron chi connectivity index (χ2n) is 4.46. The monoisotopic (exact) mass is 294 g/mol. The Morgan fingerprint density at radius 2 is 2.24 bits per heavy atom. The van der Waals surface area contributed by atoms with Gasteiger partial charge in [-0.3, -0.25) is 19.0 Å². The van der Waals surface area contributed by atoms with Crippen LogP contribution in [0.15, 0.2) is 21.9 Å². The van der Waals surface area contributed by atoms with Crippen molar-refractivity contribution in [3.63, 3.8) is 0 Å². The maximum atomic E-state index is 11.9. The average Bonchev–Trinajstić information content (AvgIpc) is 2.84. The van der Waals surface area contributed by atoms with E-state index in [0.29, 0.717) is 13.2 Å². The van der Waals surface area contributed by atoms with Gasteiger partial charge in [0.25, 0.3) is 5.56 Å². The fraction of sp³-hybridized carbons (Fsp3) is 0.417. The number of nitrogens with zero attached hydrogens (tertiary/aromatic N) is 3. The van der Waals surface area contributed by atoms with Crippen LogP contribution in [0, 0.1) is 0 Å². The minimum absolute atomic E-state index is 0.0861. The smallest absolute Gasteiger partial charge is 0.330 e. The van der Waals surface area contributed by atoms with E-state index in [1.54, 1.807) is 17.9 Å². The third kappa shape index (κ3) is 3.14. The molecule has 0 saturated heterocycles. The van der Waals surface area contributed by atoms with Gasteiger partial charge >= 0.3 is 5.69 Å². The molecule has 0 aliphatic carbocycles. The van der Waals surface area contributed by atoms with Crippen molar-refractivity contribution in [3.05, 3.63) is 38.8 Å². The molecule has 9 heteroatoms. The van der Waals surface area contributed by atoms with Gasteiger partial charge < -0.3 is 15.8 Å². The number of ether oxygens (including phenoxy) is 1. The van der Waals surface area contributed by atoms with Gasteiger partial charge in [-0.1, -0.05) is 0 Å². The van der Waals surface area contributed by atoms with Crippen molar-refractivity contribution < 1.29 is 4.74 Å². The zero-order valence-corrected chi connectivity index (χ0v) is 11.9. The van der Waals surface area contributed by atoms with Crippen LogP contribution in [0.4, 0.5) is 11.5 Å². The van der Waals surface area contributed by atoms with Crippen molar-refractivity contribution in [1.82, 2.24) is 19.3 Å². The highest BCUT2D eigenvalue weighted by atomic mass is 16.5. The molecular weight excluding hydrogens is 276 g/mol. The van der Waals surface area contributed by atoms with E-state index in [0.717, 1.165) is 5.69 Å². The third-order valence-corrected chi connectivity index (χ3v) is 3.13. The minimum atomic E-state index is -0.555. The van der Waals surface area contributed by atoms with Gasteiger partial charge in [0, 0.05) is 20.4 Å². The Bertz CT molecular complexity index is 729. The third-order valence-electron chi connectivity index (χ3n) is 3.13. The van der Waals surface area contributed by atoms with Gasteiger partial charge in [0.1, 0.15) is 11.5 Å². The molecular formula is C12H18N6O3. The first-order valence-corrected chi connectivity index (χ1v) is 6.37. The standard InChI is InChI=1S/C12H18N6O3/c1-17-8(3-4-15-17)7-14-9-10(13)18(5-6-21-2)12(20)16-11(9)19/h3-4,14H,5-7,13H2,1-2H3,(H,16,19,20). The van der Waals surface area contributed by atoms with Crippen LogP contribution in [0.25, 0.3) is 0 Å². The summed E-state index contributed by atoms with van der Waals surface area (Å²) in [6.45, 7) is 0.946. The summed E-state index contributed by atoms with van der Waals surface area (Å²) in [4.78, 5) is 25.8. The first-order valence-electron chi connectivity index (χ1n) is 6.37. The Kier molecular flexibility index (Phi) is 4.43. The fourth-order valence-electron chi connectivity index (χ4n) is 1.92. The molecule has 0 aliphatic heterocycles. The van der Waals surface area contributed by atoms with Gasteiger partial charge in [-0.25, -0.2) is 4.79 Å². The summed E-state index contributed by atoms with van der Waals surface area (Å²) >= 11 is 0. The number of anilines is 2. The molecule has 114 valence electrons. The molecule has 2 aromatic rings. The second kappa shape index (κ2) is 6.27. The number of rotatable bonds is 6. The van der Waals surface area contributed by atoms with Gasteiger partial charge in [-0.05, 0) is 6.07 Å². The molecule has 2 heterocycles. The molecule has 0 atom stereocenters. The molecule has 0 aromatic carbocycles. The van der Waals surface area contributed by atoms with Gasteiger partial charge in [-0.2, -0.15) is 5.10 Å². The summed E-state index contributed by atoms with van der Waals surface area (Å²) in [5, 5.41) is 6.97. The zero-order chi connectivity index (χ0) is 15.4. The fourth-order valence-corrected chi connectivity index (χ4v) is 1.92. The molecule has 9 nitrogen and oxygen atoms in total. The number of aromatic nitrogens is 4. The molecule has 21 heavy (non-hydrogen) atoms. The summed E-state index contributed by atoms with van der Waals surface area (Å²) < 4.78 is 7.86. The minimum Gasteiger partial charge on any atom is -0.383 e. The molecule has 0 amide bonds. The number of aryl methyl sites for hydroxylation is 1. The summed E-state index contributed by atoms with van der Waals surface area (Å²) in [6, 6.07) is 1.82. The van der Waals surface area contributed by atoms with E-state index in [1.165, 1.54) is 11.7 Å². The predicted molar refractivity (Wildman–Crippen MR) is 78.1 cm³/mol. The van der Waals surface area contributed by atoms with Crippen molar-refractivity contribution in [1.29, 1.82) is 0 Å². The van der Waals surface area contributed by atoms with E-state index in [4.69, 9.17) is 10.5 Å². The van der Waals surface area contributed by atoms with E-state index < -0.39 is 11.2 Å². The van der Waals surface area contributed by atoms with E-state index in [1.807, 2.05) is 6.07 Å². The summed E-state index contributed by atoms with van der Waals surface area (Å²) in [5.74, 6) is 0.0861. The number of methoxy groups -OCH3 is 1. The van der Waals surface area contributed by atoms with Gasteiger partial charge in [0.15, 0.2) is 0 Å². The number of hydrogen-bond donors (Lipinski definition) is 3. The topological polar surface area (TPSA) is 120 Å². The Morgan fingerprint density at radius 1 is 1.48 bits per heavy atom. The van der Waals surface area contributed by atoms with E-state index in [2.05, 4.69) is 15.4 Å². The maximum absolute atomic E-state index is 11.9. The largest absolute Gasteiger partial charge is 0.383 e. The SMILES string of the molecule is COCCn1c(N)c(NCc2ccnn2C)c(=O)[nH]c1=O. The molecule has 0 bridgehead atoms. The Balaban J connectivity index is 2.28. The van der Waals surface area contributed by atoms with Crippen LogP contribution in [0.3, 0.4) is 0 Å². The maximum Gasteiger partial charge on any atom is 0.330 e. The molecule has 2 rings (SSSR count). The lowest BCUT2D eigenvalue weighted by Gasteiger charge is -2.13. The zero-order valence-electron chi connectivity index (χ0n) is 11.9. The molecule has 0 spiro atoms. The Hall–Kier alpha value is -2.55. The van der Waals surface area contributed by atoms with Crippen LogP contribution >= 0.6 is 0 Å².